The Bertz CT molecular complexity index is 1030. The summed E-state index contributed by atoms with van der Waals surface area (Å²) in [4.78, 5) is 37.3. The predicted octanol–water partition coefficient (Wildman–Crippen LogP) is 2.03. The normalized spacial score (nSPS) is 17.6. The van der Waals surface area contributed by atoms with Gasteiger partial charge in [-0.05, 0) is 29.8 Å². The molecule has 32 heavy (non-hydrogen) atoms. The summed E-state index contributed by atoms with van der Waals surface area (Å²) in [6.45, 7) is 0.0386. The van der Waals surface area contributed by atoms with Crippen molar-refractivity contribution in [3.63, 3.8) is 0 Å². The quantitative estimate of drug-likeness (QED) is 0.150. The lowest BCUT2D eigenvalue weighted by atomic mass is 9.95. The van der Waals surface area contributed by atoms with Gasteiger partial charge in [0.15, 0.2) is 0 Å². The predicted molar refractivity (Wildman–Crippen MR) is 113 cm³/mol. The maximum atomic E-state index is 12.9. The highest BCUT2D eigenvalue weighted by Crippen LogP contribution is 2.39. The fourth-order valence-electron chi connectivity index (χ4n) is 3.47. The van der Waals surface area contributed by atoms with E-state index in [2.05, 4.69) is 0 Å². The number of amides is 1. The van der Waals surface area contributed by atoms with E-state index >= 15 is 0 Å². The van der Waals surface area contributed by atoms with Crippen LogP contribution in [-0.2, 0) is 14.3 Å². The molecule has 1 atom stereocenters. The molecule has 0 aliphatic carbocycles. The highest BCUT2D eigenvalue weighted by molar-refractivity contribution is 6.46. The van der Waals surface area contributed by atoms with Crippen LogP contribution >= 0.6 is 0 Å². The molecule has 0 spiro atoms. The molecule has 1 heterocycles. The number of nitro benzene ring substituents is 1. The van der Waals surface area contributed by atoms with Gasteiger partial charge in [0.05, 0.1) is 43.5 Å². The van der Waals surface area contributed by atoms with Crippen LogP contribution in [-0.4, -0.2) is 65.2 Å². The van der Waals surface area contributed by atoms with Gasteiger partial charge in [-0.2, -0.15) is 0 Å². The summed E-state index contributed by atoms with van der Waals surface area (Å²) in [5, 5.41) is 30.7. The molecule has 1 aliphatic rings. The second kappa shape index (κ2) is 10.0. The van der Waals surface area contributed by atoms with Crippen LogP contribution < -0.4 is 4.74 Å². The molecular weight excluding hydrogens is 420 g/mol. The van der Waals surface area contributed by atoms with E-state index in [-0.39, 0.29) is 43.2 Å². The molecule has 1 amide bonds. The fourth-order valence-corrected chi connectivity index (χ4v) is 3.47. The number of methoxy groups -OCH3 is 1. The monoisotopic (exact) mass is 442 g/mol. The number of Topliss-reactive ketones (excluding diaryl/α,β-unsaturated/α-hetero) is 1. The highest BCUT2D eigenvalue weighted by Gasteiger charge is 2.45. The van der Waals surface area contributed by atoms with Crippen molar-refractivity contribution < 1.29 is 34.2 Å². The standard InChI is InChI=1S/C22H22N2O8/c1-31-17-8-4-14(5-9-17)19-18(20(26)15-2-6-16(7-3-15)24(29)30)21(27)22(28)23(19)10-12-32-13-11-25/h2-9,19,25-26H,10-13H2,1H3/b20-18-. The number of ketones is 1. The maximum Gasteiger partial charge on any atom is 0.295 e. The van der Waals surface area contributed by atoms with Gasteiger partial charge in [-0.25, -0.2) is 0 Å². The van der Waals surface area contributed by atoms with Gasteiger partial charge < -0.3 is 24.6 Å². The lowest BCUT2D eigenvalue weighted by molar-refractivity contribution is -0.384. The van der Waals surface area contributed by atoms with Crippen molar-refractivity contribution in [3.8, 4) is 5.75 Å². The molecule has 1 fully saturated rings. The maximum absolute atomic E-state index is 12.9. The molecule has 10 heteroatoms. The van der Waals surface area contributed by atoms with Crippen molar-refractivity contribution in [2.75, 3.05) is 33.5 Å². The van der Waals surface area contributed by atoms with E-state index in [1.165, 1.54) is 36.3 Å². The molecule has 1 saturated heterocycles. The molecular formula is C22H22N2O8. The topological polar surface area (TPSA) is 139 Å². The van der Waals surface area contributed by atoms with Crippen molar-refractivity contribution in [1.29, 1.82) is 0 Å². The summed E-state index contributed by atoms with van der Waals surface area (Å²) in [5.74, 6) is -1.53. The van der Waals surface area contributed by atoms with Crippen molar-refractivity contribution in [3.05, 3.63) is 75.3 Å². The number of ether oxygens (including phenoxy) is 2. The number of non-ortho nitro benzene ring substituents is 1. The van der Waals surface area contributed by atoms with Crippen molar-refractivity contribution in [2.45, 2.75) is 6.04 Å². The third-order valence-corrected chi connectivity index (χ3v) is 5.04. The molecule has 0 bridgehead atoms. The van der Waals surface area contributed by atoms with E-state index in [0.29, 0.717) is 11.3 Å². The van der Waals surface area contributed by atoms with E-state index in [9.17, 15) is 24.8 Å². The van der Waals surface area contributed by atoms with Crippen LogP contribution in [0.4, 0.5) is 5.69 Å². The van der Waals surface area contributed by atoms with Gasteiger partial charge in [0, 0.05) is 24.2 Å². The minimum absolute atomic E-state index is 0.0539. The number of rotatable bonds is 9. The van der Waals surface area contributed by atoms with Gasteiger partial charge in [-0.1, -0.05) is 12.1 Å². The SMILES string of the molecule is COc1ccc(C2/C(=C(/O)c3ccc([N+](=O)[O-])cc3)C(=O)C(=O)N2CCOCCO)cc1. The van der Waals surface area contributed by atoms with E-state index < -0.39 is 28.4 Å². The number of aliphatic hydroxyl groups is 2. The van der Waals surface area contributed by atoms with Crippen LogP contribution in [0.1, 0.15) is 17.2 Å². The first-order chi connectivity index (χ1) is 15.4. The molecule has 0 radical (unpaired) electrons. The largest absolute Gasteiger partial charge is 0.507 e. The second-order valence-electron chi connectivity index (χ2n) is 6.91. The van der Waals surface area contributed by atoms with E-state index in [0.717, 1.165) is 0 Å². The molecule has 10 nitrogen and oxygen atoms in total. The lowest BCUT2D eigenvalue weighted by Crippen LogP contribution is -2.33. The minimum atomic E-state index is -0.895. The van der Waals surface area contributed by atoms with Gasteiger partial charge >= 0.3 is 0 Å². The fraction of sp³-hybridized carbons (Fsp3) is 0.273. The molecule has 2 aromatic rings. The third kappa shape index (κ3) is 4.61. The summed E-state index contributed by atoms with van der Waals surface area (Å²) >= 11 is 0. The van der Waals surface area contributed by atoms with Crippen LogP contribution in [0.2, 0.25) is 0 Å². The first kappa shape index (κ1) is 22.9. The van der Waals surface area contributed by atoms with Gasteiger partial charge in [-0.3, -0.25) is 19.7 Å². The number of nitrogens with zero attached hydrogens (tertiary/aromatic N) is 2. The Balaban J connectivity index is 2.05. The average molecular weight is 442 g/mol. The molecule has 1 aliphatic heterocycles. The number of hydrogen-bond acceptors (Lipinski definition) is 8. The van der Waals surface area contributed by atoms with Crippen LogP contribution in [0.3, 0.4) is 0 Å². The first-order valence-corrected chi connectivity index (χ1v) is 9.74. The zero-order valence-electron chi connectivity index (χ0n) is 17.3. The van der Waals surface area contributed by atoms with Crippen LogP contribution in [0.15, 0.2) is 54.1 Å². The lowest BCUT2D eigenvalue weighted by Gasteiger charge is -2.25. The van der Waals surface area contributed by atoms with Crippen molar-refractivity contribution in [1.82, 2.24) is 4.90 Å². The molecule has 0 aromatic heterocycles. The number of nitro groups is 1. The number of likely N-dealkylation sites (tertiary alicyclic amines) is 1. The molecule has 168 valence electrons. The second-order valence-corrected chi connectivity index (χ2v) is 6.91. The Hall–Kier alpha value is -3.76. The Labute approximate surface area is 183 Å². The molecule has 2 N–H and O–H groups in total. The molecule has 2 aromatic carbocycles. The third-order valence-electron chi connectivity index (χ3n) is 5.04. The number of carbonyl (C=O) groups excluding carboxylic acids is 2. The zero-order chi connectivity index (χ0) is 23.3. The Morgan fingerprint density at radius 2 is 1.75 bits per heavy atom. The van der Waals surface area contributed by atoms with E-state index in [4.69, 9.17) is 14.6 Å². The number of benzene rings is 2. The van der Waals surface area contributed by atoms with E-state index in [1.807, 2.05) is 0 Å². The van der Waals surface area contributed by atoms with Crippen LogP contribution in [0, 0.1) is 10.1 Å². The summed E-state index contributed by atoms with van der Waals surface area (Å²) in [7, 11) is 1.51. The Kier molecular flexibility index (Phi) is 7.18. The number of carbonyl (C=O) groups is 2. The van der Waals surface area contributed by atoms with Gasteiger partial charge in [0.2, 0.25) is 0 Å². The van der Waals surface area contributed by atoms with Gasteiger partial charge in [-0.15, -0.1) is 0 Å². The van der Waals surface area contributed by atoms with Crippen LogP contribution in [0.25, 0.3) is 5.76 Å². The van der Waals surface area contributed by atoms with Gasteiger partial charge in [0.1, 0.15) is 11.5 Å². The zero-order valence-corrected chi connectivity index (χ0v) is 17.3. The summed E-state index contributed by atoms with van der Waals surface area (Å²) < 4.78 is 10.4. The number of aliphatic hydroxyl groups excluding tert-OH is 2. The molecule has 0 saturated carbocycles. The number of hydrogen-bond donors (Lipinski definition) is 2. The van der Waals surface area contributed by atoms with Crippen LogP contribution in [0.5, 0.6) is 5.75 Å². The smallest absolute Gasteiger partial charge is 0.295 e. The molecule has 1 unspecified atom stereocenters. The van der Waals surface area contributed by atoms with Crippen molar-refractivity contribution >= 4 is 23.1 Å². The van der Waals surface area contributed by atoms with E-state index in [1.54, 1.807) is 24.3 Å². The summed E-state index contributed by atoms with van der Waals surface area (Å²) in [6.07, 6.45) is 0. The minimum Gasteiger partial charge on any atom is -0.507 e. The Morgan fingerprint density at radius 1 is 1.09 bits per heavy atom. The average Bonchev–Trinajstić information content (AvgIpc) is 3.06. The summed E-state index contributed by atoms with van der Waals surface area (Å²) in [5.41, 5.74) is 0.435. The van der Waals surface area contributed by atoms with Crippen molar-refractivity contribution in [2.24, 2.45) is 0 Å². The van der Waals surface area contributed by atoms with Gasteiger partial charge in [0.25, 0.3) is 17.4 Å². The highest BCUT2D eigenvalue weighted by atomic mass is 16.6. The molecule has 3 rings (SSSR count). The first-order valence-electron chi connectivity index (χ1n) is 9.74. The Morgan fingerprint density at radius 3 is 2.31 bits per heavy atom. The summed E-state index contributed by atoms with van der Waals surface area (Å²) in [6, 6.07) is 10.8.